The molecule has 0 amide bonds. The fraction of sp³-hybridized carbons (Fsp3) is 0.406. The largest absolute Gasteiger partial charge is 0.416 e. The third kappa shape index (κ3) is 7.09. The first kappa shape index (κ1) is 34.2. The number of hydrogen-bond acceptors (Lipinski definition) is 5. The molecule has 0 saturated carbocycles. The lowest BCUT2D eigenvalue weighted by molar-refractivity contribution is -0.143. The van der Waals surface area contributed by atoms with Gasteiger partial charge in [-0.3, -0.25) is 4.68 Å². The van der Waals surface area contributed by atoms with Gasteiger partial charge in [-0.25, -0.2) is 9.97 Å². The van der Waals surface area contributed by atoms with E-state index in [0.29, 0.717) is 40.8 Å². The predicted molar refractivity (Wildman–Crippen MR) is 156 cm³/mol. The van der Waals surface area contributed by atoms with Crippen LogP contribution in [0.3, 0.4) is 0 Å². The summed E-state index contributed by atoms with van der Waals surface area (Å²) in [4.78, 5) is 10.5. The van der Waals surface area contributed by atoms with Crippen LogP contribution in [0.5, 0.6) is 0 Å². The van der Waals surface area contributed by atoms with Crippen molar-refractivity contribution in [3.63, 3.8) is 0 Å². The number of alkyl halides is 9. The zero-order valence-corrected chi connectivity index (χ0v) is 25.5. The second-order valence-electron chi connectivity index (χ2n) is 11.6. The fourth-order valence-electron chi connectivity index (χ4n) is 6.11. The third-order valence-electron chi connectivity index (χ3n) is 8.50. The summed E-state index contributed by atoms with van der Waals surface area (Å²) in [5.41, 5.74) is -3.42. The number of aromatic nitrogens is 4. The minimum atomic E-state index is -5.08. The quantitative estimate of drug-likeness (QED) is 0.192. The molecule has 2 atom stereocenters. The van der Waals surface area contributed by atoms with E-state index in [2.05, 4.69) is 20.4 Å². The van der Waals surface area contributed by atoms with Crippen LogP contribution in [0.4, 0.5) is 45.5 Å². The molecule has 1 aliphatic rings. The van der Waals surface area contributed by atoms with E-state index in [4.69, 9.17) is 0 Å². The molecule has 0 bridgehead atoms. The van der Waals surface area contributed by atoms with Crippen LogP contribution in [-0.4, -0.2) is 32.3 Å². The highest BCUT2D eigenvalue weighted by molar-refractivity contribution is 5.60. The van der Waals surface area contributed by atoms with Gasteiger partial charge in [-0.15, -0.1) is 0 Å². The van der Waals surface area contributed by atoms with Crippen LogP contribution in [0.2, 0.25) is 0 Å². The van der Waals surface area contributed by atoms with E-state index in [-0.39, 0.29) is 43.0 Å². The van der Waals surface area contributed by atoms with Crippen molar-refractivity contribution in [3.8, 4) is 11.1 Å². The van der Waals surface area contributed by atoms with Crippen molar-refractivity contribution in [2.24, 2.45) is 7.05 Å². The van der Waals surface area contributed by atoms with Crippen molar-refractivity contribution in [1.29, 1.82) is 0 Å². The Balaban J connectivity index is 1.73. The van der Waals surface area contributed by atoms with E-state index in [0.717, 1.165) is 12.1 Å². The Morgan fingerprint density at radius 1 is 0.830 bits per heavy atom. The molecule has 1 fully saturated rings. The number of anilines is 1. The molecular weight excluding hydrogens is 639 g/mol. The summed E-state index contributed by atoms with van der Waals surface area (Å²) < 4.78 is 126. The van der Waals surface area contributed by atoms with Gasteiger partial charge in [-0.1, -0.05) is 19.9 Å². The Morgan fingerprint density at radius 3 is 1.94 bits per heavy atom. The number of aryl methyl sites for hydroxylation is 2. The summed E-state index contributed by atoms with van der Waals surface area (Å²) in [5, 5.41) is 7.46. The highest BCUT2D eigenvalue weighted by atomic mass is 19.4. The van der Waals surface area contributed by atoms with Crippen LogP contribution in [0.1, 0.15) is 60.1 Å². The van der Waals surface area contributed by atoms with Gasteiger partial charge in [0.1, 0.15) is 0 Å². The molecule has 252 valence electrons. The summed E-state index contributed by atoms with van der Waals surface area (Å²) in [7, 11) is 1.71. The first-order valence-corrected chi connectivity index (χ1v) is 14.8. The predicted octanol–water partition coefficient (Wildman–Crippen LogP) is 8.17. The lowest BCUT2D eigenvalue weighted by atomic mass is 9.80. The minimum Gasteiger partial charge on any atom is -0.325 e. The molecule has 0 spiro atoms. The van der Waals surface area contributed by atoms with Gasteiger partial charge in [-0.2, -0.15) is 44.6 Å². The molecule has 0 aliphatic carbocycles. The van der Waals surface area contributed by atoms with Crippen molar-refractivity contribution >= 4 is 5.95 Å². The van der Waals surface area contributed by atoms with E-state index >= 15 is 0 Å². The summed E-state index contributed by atoms with van der Waals surface area (Å²) in [6.45, 7) is 3.18. The monoisotopic (exact) mass is 670 g/mol. The molecule has 5 rings (SSSR count). The number of hydrogen-bond donors (Lipinski definition) is 1. The van der Waals surface area contributed by atoms with Gasteiger partial charge in [0.2, 0.25) is 5.95 Å². The Bertz CT molecular complexity index is 1680. The van der Waals surface area contributed by atoms with Crippen LogP contribution >= 0.6 is 0 Å². The van der Waals surface area contributed by atoms with Gasteiger partial charge in [0, 0.05) is 55.9 Å². The molecular formula is C32H31F9N6. The van der Waals surface area contributed by atoms with Crippen LogP contribution < -0.4 is 10.2 Å². The van der Waals surface area contributed by atoms with Crippen molar-refractivity contribution in [2.45, 2.75) is 69.8 Å². The smallest absolute Gasteiger partial charge is 0.325 e. The Hall–Kier alpha value is -4.14. The number of benzene rings is 2. The second kappa shape index (κ2) is 12.5. The highest BCUT2D eigenvalue weighted by Gasteiger charge is 2.48. The molecule has 0 radical (unpaired) electrons. The van der Waals surface area contributed by atoms with Gasteiger partial charge >= 0.3 is 18.5 Å². The van der Waals surface area contributed by atoms with E-state index in [1.165, 1.54) is 23.4 Å². The van der Waals surface area contributed by atoms with Crippen LogP contribution in [0, 0.1) is 0 Å². The molecule has 1 aliphatic heterocycles. The number of nitrogens with one attached hydrogen (secondary N) is 1. The molecule has 2 aromatic carbocycles. The average Bonchev–Trinajstić information content (AvgIpc) is 3.65. The van der Waals surface area contributed by atoms with E-state index in [9.17, 15) is 39.5 Å². The van der Waals surface area contributed by atoms with Crippen LogP contribution in [0.25, 0.3) is 11.1 Å². The van der Waals surface area contributed by atoms with Crippen molar-refractivity contribution in [1.82, 2.24) is 25.1 Å². The maximum atomic E-state index is 13.9. The standard InChI is InChI=1S/C32H31F9N6/c1-4-20-10-23(30(33,34)35)6-7-27(20)29(12-26(5-2)44-18-29)47(28-42-13-21(14-43-28)22-15-45-46(3)17-22)16-19-8-24(31(36,37)38)11-25(9-19)32(39,40)41/h6-11,13-15,17,26,44H,4-5,12,16,18H2,1-3H3/t26-,29-/m1/s1. The molecule has 0 unspecified atom stereocenters. The maximum Gasteiger partial charge on any atom is 0.416 e. The highest BCUT2D eigenvalue weighted by Crippen LogP contribution is 2.45. The van der Waals surface area contributed by atoms with Crippen molar-refractivity contribution in [3.05, 3.63) is 94.6 Å². The minimum absolute atomic E-state index is 0.0240. The average molecular weight is 671 g/mol. The van der Waals surface area contributed by atoms with E-state index in [1.54, 1.807) is 31.0 Å². The van der Waals surface area contributed by atoms with Gasteiger partial charge < -0.3 is 10.2 Å². The SMILES string of the molecule is CCc1cc(C(F)(F)F)ccc1[C@]1(N(Cc2cc(C(F)(F)F)cc(C(F)(F)F)c2)c2ncc(-c3cnn(C)c3)cn2)CN[C@H](CC)C1. The Labute approximate surface area is 264 Å². The molecule has 4 aromatic rings. The molecule has 1 N–H and O–H groups in total. The Kier molecular flexibility index (Phi) is 9.07. The lowest BCUT2D eigenvalue weighted by Crippen LogP contribution is -2.49. The first-order chi connectivity index (χ1) is 21.9. The molecule has 2 aromatic heterocycles. The number of halogens is 9. The maximum absolute atomic E-state index is 13.9. The van der Waals surface area contributed by atoms with Crippen LogP contribution in [-0.2, 0) is 44.1 Å². The van der Waals surface area contributed by atoms with Crippen LogP contribution in [0.15, 0.2) is 61.2 Å². The lowest BCUT2D eigenvalue weighted by Gasteiger charge is -2.43. The van der Waals surface area contributed by atoms with Gasteiger partial charge in [0.05, 0.1) is 28.4 Å². The third-order valence-corrected chi connectivity index (χ3v) is 8.50. The molecule has 47 heavy (non-hydrogen) atoms. The first-order valence-electron chi connectivity index (χ1n) is 14.8. The summed E-state index contributed by atoms with van der Waals surface area (Å²) in [5.74, 6) is -0.0240. The normalized spacial score (nSPS) is 18.9. The molecule has 6 nitrogen and oxygen atoms in total. The van der Waals surface area contributed by atoms with Crippen molar-refractivity contribution in [2.75, 3.05) is 11.4 Å². The van der Waals surface area contributed by atoms with E-state index in [1.807, 2.05) is 6.92 Å². The zero-order valence-electron chi connectivity index (χ0n) is 25.5. The molecule has 1 saturated heterocycles. The Morgan fingerprint density at radius 2 is 1.45 bits per heavy atom. The summed E-state index contributed by atoms with van der Waals surface area (Å²) in [6, 6.07) is 4.48. The summed E-state index contributed by atoms with van der Waals surface area (Å²) in [6.07, 6.45) is -7.55. The van der Waals surface area contributed by atoms with Crippen molar-refractivity contribution < 1.29 is 39.5 Å². The number of rotatable bonds is 8. The number of nitrogens with zero attached hydrogens (tertiary/aromatic N) is 5. The molecule has 3 heterocycles. The zero-order chi connectivity index (χ0) is 34.4. The van der Waals surface area contributed by atoms with Gasteiger partial charge in [-0.05, 0) is 66.3 Å². The van der Waals surface area contributed by atoms with Gasteiger partial charge in [0.15, 0.2) is 0 Å². The fourth-order valence-corrected chi connectivity index (χ4v) is 6.11. The van der Waals surface area contributed by atoms with Gasteiger partial charge in [0.25, 0.3) is 0 Å². The summed E-state index contributed by atoms with van der Waals surface area (Å²) >= 11 is 0. The molecule has 15 heteroatoms. The van der Waals surface area contributed by atoms with E-state index < -0.39 is 47.3 Å². The topological polar surface area (TPSA) is 58.9 Å². The second-order valence-corrected chi connectivity index (χ2v) is 11.6.